The lowest BCUT2D eigenvalue weighted by atomic mass is 10.2. The maximum atomic E-state index is 12.5. The fraction of sp³-hybridized carbons (Fsp3) is 0.278. The maximum absolute atomic E-state index is 12.5. The zero-order valence-corrected chi connectivity index (χ0v) is 14.9. The second-order valence-electron chi connectivity index (χ2n) is 5.83. The van der Waals surface area contributed by atoms with E-state index in [4.69, 9.17) is 0 Å². The van der Waals surface area contributed by atoms with Crippen LogP contribution in [0.3, 0.4) is 0 Å². The molecule has 4 nitrogen and oxygen atoms in total. The van der Waals surface area contributed by atoms with Crippen molar-refractivity contribution in [1.29, 1.82) is 0 Å². The molecule has 1 amide bonds. The van der Waals surface area contributed by atoms with E-state index >= 15 is 0 Å². The molecule has 24 heavy (non-hydrogen) atoms. The number of aromatic nitrogens is 2. The number of anilines is 1. The average molecular weight is 355 g/mol. The van der Waals surface area contributed by atoms with E-state index in [2.05, 4.69) is 15.3 Å². The fourth-order valence-electron chi connectivity index (χ4n) is 2.98. The predicted molar refractivity (Wildman–Crippen MR) is 99.8 cm³/mol. The number of benzene rings is 1. The molecule has 0 saturated heterocycles. The number of nitrogens with one attached hydrogen (secondary N) is 1. The molecule has 3 aromatic rings. The molecule has 2 aromatic heterocycles. The molecule has 1 aliphatic carbocycles. The summed E-state index contributed by atoms with van der Waals surface area (Å²) in [6.45, 7) is 1.92. The van der Waals surface area contributed by atoms with Gasteiger partial charge in [-0.05, 0) is 43.9 Å². The van der Waals surface area contributed by atoms with E-state index in [1.807, 2.05) is 37.3 Å². The van der Waals surface area contributed by atoms with Crippen LogP contribution in [-0.2, 0) is 17.6 Å². The van der Waals surface area contributed by atoms with Crippen LogP contribution in [0.15, 0.2) is 41.7 Å². The van der Waals surface area contributed by atoms with E-state index < -0.39 is 0 Å². The lowest BCUT2D eigenvalue weighted by molar-refractivity contribution is -0.115. The molecule has 1 aromatic carbocycles. The Morgan fingerprint density at radius 1 is 1.25 bits per heavy atom. The molecular weight excluding hydrogens is 338 g/mol. The minimum absolute atomic E-state index is 0.00941. The van der Waals surface area contributed by atoms with Crippen LogP contribution in [0.25, 0.3) is 10.2 Å². The van der Waals surface area contributed by atoms with Gasteiger partial charge in [-0.2, -0.15) is 0 Å². The molecule has 1 aliphatic rings. The van der Waals surface area contributed by atoms with Gasteiger partial charge in [0, 0.05) is 16.0 Å². The summed E-state index contributed by atoms with van der Waals surface area (Å²) in [6.07, 6.45) is 5.06. The van der Waals surface area contributed by atoms with Gasteiger partial charge in [0.1, 0.15) is 16.2 Å². The van der Waals surface area contributed by atoms with Crippen LogP contribution < -0.4 is 5.32 Å². The standard InChI is InChI=1S/C18H17N3OS2/c1-11(16(22)21-12-6-3-2-4-7-12)23-17-15-13-8-5-9-14(13)24-18(15)20-10-19-17/h2-4,6-7,10-11H,5,8-9H2,1H3,(H,21,22)/t11-/m0/s1. The van der Waals surface area contributed by atoms with Crippen molar-refractivity contribution in [3.8, 4) is 0 Å². The summed E-state index contributed by atoms with van der Waals surface area (Å²) in [4.78, 5) is 23.8. The number of hydrogen-bond acceptors (Lipinski definition) is 5. The van der Waals surface area contributed by atoms with Gasteiger partial charge in [0.05, 0.1) is 5.25 Å². The Bertz CT molecular complexity index is 892. The highest BCUT2D eigenvalue weighted by Crippen LogP contribution is 2.40. The van der Waals surface area contributed by atoms with Gasteiger partial charge in [-0.15, -0.1) is 11.3 Å². The quantitative estimate of drug-likeness (QED) is 0.560. The first-order chi connectivity index (χ1) is 11.7. The highest BCUT2D eigenvalue weighted by Gasteiger charge is 2.23. The maximum Gasteiger partial charge on any atom is 0.237 e. The largest absolute Gasteiger partial charge is 0.325 e. The van der Waals surface area contributed by atoms with E-state index in [-0.39, 0.29) is 11.2 Å². The number of amides is 1. The van der Waals surface area contributed by atoms with Gasteiger partial charge in [0.15, 0.2) is 0 Å². The molecule has 1 N–H and O–H groups in total. The van der Waals surface area contributed by atoms with E-state index in [0.717, 1.165) is 28.4 Å². The first-order valence-electron chi connectivity index (χ1n) is 8.00. The van der Waals surface area contributed by atoms with Crippen LogP contribution in [0, 0.1) is 0 Å². The van der Waals surface area contributed by atoms with Gasteiger partial charge >= 0.3 is 0 Å². The normalized spacial score (nSPS) is 14.5. The highest BCUT2D eigenvalue weighted by molar-refractivity contribution is 8.00. The zero-order chi connectivity index (χ0) is 16.5. The van der Waals surface area contributed by atoms with Gasteiger partial charge in [-0.25, -0.2) is 9.97 Å². The van der Waals surface area contributed by atoms with Crippen molar-refractivity contribution >= 4 is 44.9 Å². The third kappa shape index (κ3) is 2.91. The molecule has 2 heterocycles. The lowest BCUT2D eigenvalue weighted by Crippen LogP contribution is -2.22. The minimum Gasteiger partial charge on any atom is -0.325 e. The van der Waals surface area contributed by atoms with E-state index in [1.54, 1.807) is 17.7 Å². The average Bonchev–Trinajstić information content (AvgIpc) is 3.16. The molecule has 122 valence electrons. The second kappa shape index (κ2) is 6.53. The van der Waals surface area contributed by atoms with Crippen molar-refractivity contribution in [2.45, 2.75) is 36.5 Å². The van der Waals surface area contributed by atoms with E-state index in [9.17, 15) is 4.79 Å². The van der Waals surface area contributed by atoms with Crippen molar-refractivity contribution < 1.29 is 4.79 Å². The van der Waals surface area contributed by atoms with Crippen molar-refractivity contribution in [3.63, 3.8) is 0 Å². The molecular formula is C18H17N3OS2. The number of para-hydroxylation sites is 1. The van der Waals surface area contributed by atoms with E-state index in [1.165, 1.54) is 34.0 Å². The molecule has 0 bridgehead atoms. The number of thioether (sulfide) groups is 1. The molecule has 0 spiro atoms. The molecule has 1 atom stereocenters. The Kier molecular flexibility index (Phi) is 4.24. The van der Waals surface area contributed by atoms with Gasteiger partial charge in [0.25, 0.3) is 0 Å². The SMILES string of the molecule is C[C@H](Sc1ncnc2sc3c(c12)CCC3)C(=O)Nc1ccccc1. The third-order valence-electron chi connectivity index (χ3n) is 4.17. The van der Waals surface area contributed by atoms with Crippen LogP contribution in [0.1, 0.15) is 23.8 Å². The summed E-state index contributed by atoms with van der Waals surface area (Å²) < 4.78 is 0. The molecule has 6 heteroatoms. The van der Waals surface area contributed by atoms with Crippen molar-refractivity contribution in [1.82, 2.24) is 9.97 Å². The van der Waals surface area contributed by atoms with Crippen LogP contribution in [0.5, 0.6) is 0 Å². The van der Waals surface area contributed by atoms with Gasteiger partial charge in [0.2, 0.25) is 5.91 Å². The predicted octanol–water partition coefficient (Wildman–Crippen LogP) is 4.30. The third-order valence-corrected chi connectivity index (χ3v) is 6.47. The molecule has 0 aliphatic heterocycles. The summed E-state index contributed by atoms with van der Waals surface area (Å²) in [6, 6.07) is 9.54. The van der Waals surface area contributed by atoms with E-state index in [0.29, 0.717) is 0 Å². The van der Waals surface area contributed by atoms with Crippen LogP contribution in [0.4, 0.5) is 5.69 Å². The van der Waals surface area contributed by atoms with Crippen LogP contribution >= 0.6 is 23.1 Å². The fourth-order valence-corrected chi connectivity index (χ4v) is 5.22. The second-order valence-corrected chi connectivity index (χ2v) is 8.24. The number of rotatable bonds is 4. The summed E-state index contributed by atoms with van der Waals surface area (Å²) in [5.74, 6) is -0.00941. The number of nitrogens with zero attached hydrogens (tertiary/aromatic N) is 2. The lowest BCUT2D eigenvalue weighted by Gasteiger charge is -2.12. The number of aryl methyl sites for hydroxylation is 2. The monoisotopic (exact) mass is 355 g/mol. The Morgan fingerprint density at radius 3 is 2.92 bits per heavy atom. The number of carbonyl (C=O) groups excluding carboxylic acids is 1. The zero-order valence-electron chi connectivity index (χ0n) is 13.3. The van der Waals surface area contributed by atoms with Gasteiger partial charge < -0.3 is 5.32 Å². The summed E-state index contributed by atoms with van der Waals surface area (Å²) >= 11 is 3.29. The van der Waals surface area contributed by atoms with Crippen molar-refractivity contribution in [2.24, 2.45) is 0 Å². The summed E-state index contributed by atoms with van der Waals surface area (Å²) in [7, 11) is 0. The molecule has 0 fully saturated rings. The molecule has 4 rings (SSSR count). The Balaban J connectivity index is 1.57. The molecule has 0 unspecified atom stereocenters. The molecule has 0 saturated carbocycles. The summed E-state index contributed by atoms with van der Waals surface area (Å²) in [5.41, 5.74) is 2.22. The van der Waals surface area contributed by atoms with Gasteiger partial charge in [-0.3, -0.25) is 4.79 Å². The number of hydrogen-bond donors (Lipinski definition) is 1. The minimum atomic E-state index is -0.222. The highest BCUT2D eigenvalue weighted by atomic mass is 32.2. The van der Waals surface area contributed by atoms with Crippen LogP contribution in [0.2, 0.25) is 0 Å². The van der Waals surface area contributed by atoms with Gasteiger partial charge in [-0.1, -0.05) is 30.0 Å². The first-order valence-corrected chi connectivity index (χ1v) is 9.70. The smallest absolute Gasteiger partial charge is 0.237 e. The first kappa shape index (κ1) is 15.6. The Morgan fingerprint density at radius 2 is 2.08 bits per heavy atom. The Labute approximate surface area is 148 Å². The number of carbonyl (C=O) groups is 1. The number of thiophene rings is 1. The summed E-state index contributed by atoms with van der Waals surface area (Å²) in [5, 5.41) is 4.83. The Hall–Kier alpha value is -1.92. The van der Waals surface area contributed by atoms with Crippen molar-refractivity contribution in [3.05, 3.63) is 47.1 Å². The van der Waals surface area contributed by atoms with Crippen molar-refractivity contribution in [2.75, 3.05) is 5.32 Å². The number of fused-ring (bicyclic) bond motifs is 3. The van der Waals surface area contributed by atoms with Crippen LogP contribution in [-0.4, -0.2) is 21.1 Å². The molecule has 0 radical (unpaired) electrons. The topological polar surface area (TPSA) is 54.9 Å².